The molecule has 0 heterocycles. The molecule has 0 bridgehead atoms. The molecule has 0 amide bonds. The molecule has 0 radical (unpaired) electrons. The maximum atomic E-state index is 13.9. The van der Waals surface area contributed by atoms with Gasteiger partial charge < -0.3 is 14.0 Å². The smallest absolute Gasteiger partial charge is 0.350 e. The third-order valence-electron chi connectivity index (χ3n) is 2.85. The van der Waals surface area contributed by atoms with Gasteiger partial charge in [0.15, 0.2) is 5.91 Å². The lowest BCUT2D eigenvalue weighted by Crippen LogP contribution is -2.42. The SMILES string of the molecule is CCCOC(=O)[C@H](COC)NP(=O)(Oc1ccccc1)C(C)F. The van der Waals surface area contributed by atoms with E-state index in [9.17, 15) is 13.8 Å². The number of halogens is 1. The number of nitrogens with one attached hydrogen (secondary N) is 1. The third-order valence-corrected chi connectivity index (χ3v) is 4.95. The van der Waals surface area contributed by atoms with Crippen molar-refractivity contribution in [1.82, 2.24) is 5.09 Å². The van der Waals surface area contributed by atoms with Gasteiger partial charge in [-0.05, 0) is 25.5 Å². The number of hydrogen-bond donors (Lipinski definition) is 1. The summed E-state index contributed by atoms with van der Waals surface area (Å²) in [6.45, 7) is 3.06. The number of para-hydroxylation sites is 1. The quantitative estimate of drug-likeness (QED) is 0.518. The second-order valence-corrected chi connectivity index (χ2v) is 7.23. The van der Waals surface area contributed by atoms with Gasteiger partial charge in [-0.25, -0.2) is 9.48 Å². The first-order chi connectivity index (χ1) is 10.9. The topological polar surface area (TPSA) is 73.9 Å². The van der Waals surface area contributed by atoms with Crippen LogP contribution in [0.4, 0.5) is 4.39 Å². The second kappa shape index (κ2) is 9.65. The summed E-state index contributed by atoms with van der Waals surface area (Å²) in [4.78, 5) is 12.0. The Bertz CT molecular complexity index is 526. The summed E-state index contributed by atoms with van der Waals surface area (Å²) >= 11 is 0. The normalized spacial score (nSPS) is 16.2. The van der Waals surface area contributed by atoms with Gasteiger partial charge in [0, 0.05) is 7.11 Å². The molecule has 0 aliphatic heterocycles. The average Bonchev–Trinajstić information content (AvgIpc) is 2.53. The lowest BCUT2D eigenvalue weighted by atomic mass is 10.3. The minimum Gasteiger partial charge on any atom is -0.464 e. The molecule has 0 saturated carbocycles. The van der Waals surface area contributed by atoms with Gasteiger partial charge in [-0.3, -0.25) is 9.36 Å². The second-order valence-electron chi connectivity index (χ2n) is 4.88. The van der Waals surface area contributed by atoms with E-state index >= 15 is 0 Å². The lowest BCUT2D eigenvalue weighted by Gasteiger charge is -2.25. The van der Waals surface area contributed by atoms with Crippen LogP contribution < -0.4 is 9.61 Å². The van der Waals surface area contributed by atoms with E-state index in [2.05, 4.69) is 5.09 Å². The number of ether oxygens (including phenoxy) is 2. The van der Waals surface area contributed by atoms with E-state index in [4.69, 9.17) is 14.0 Å². The monoisotopic (exact) mass is 347 g/mol. The van der Waals surface area contributed by atoms with E-state index in [1.807, 2.05) is 6.92 Å². The van der Waals surface area contributed by atoms with Crippen LogP contribution in [-0.2, 0) is 18.8 Å². The average molecular weight is 347 g/mol. The fourth-order valence-corrected chi connectivity index (χ4v) is 3.14. The van der Waals surface area contributed by atoms with Gasteiger partial charge >= 0.3 is 13.5 Å². The molecule has 1 aromatic rings. The molecule has 0 aliphatic carbocycles. The molecule has 1 N–H and O–H groups in total. The minimum atomic E-state index is -3.98. The zero-order valence-electron chi connectivity index (χ0n) is 13.5. The Labute approximate surface area is 135 Å². The van der Waals surface area contributed by atoms with E-state index in [0.29, 0.717) is 6.42 Å². The van der Waals surface area contributed by atoms with Crippen molar-refractivity contribution in [1.29, 1.82) is 0 Å². The molecule has 0 saturated heterocycles. The highest BCUT2D eigenvalue weighted by atomic mass is 31.2. The van der Waals surface area contributed by atoms with Gasteiger partial charge in [-0.1, -0.05) is 25.1 Å². The predicted octanol–water partition coefficient (Wildman–Crippen LogP) is 3.13. The first-order valence-electron chi connectivity index (χ1n) is 7.34. The van der Waals surface area contributed by atoms with Crippen molar-refractivity contribution in [3.05, 3.63) is 30.3 Å². The number of hydrogen-bond acceptors (Lipinski definition) is 5. The Balaban J connectivity index is 2.89. The summed E-state index contributed by atoms with van der Waals surface area (Å²) < 4.78 is 41.9. The molecule has 0 aliphatic rings. The molecular formula is C15H23FNO5P. The van der Waals surface area contributed by atoms with E-state index in [0.717, 1.165) is 6.92 Å². The molecule has 1 aromatic carbocycles. The van der Waals surface area contributed by atoms with E-state index in [1.165, 1.54) is 7.11 Å². The van der Waals surface area contributed by atoms with Crippen LogP contribution in [0.3, 0.4) is 0 Å². The Hall–Kier alpha value is -1.43. The number of carbonyl (C=O) groups excluding carboxylic acids is 1. The van der Waals surface area contributed by atoms with E-state index in [1.54, 1.807) is 30.3 Å². The number of rotatable bonds is 10. The fraction of sp³-hybridized carbons (Fsp3) is 0.533. The summed E-state index contributed by atoms with van der Waals surface area (Å²) in [5, 5.41) is 2.45. The molecule has 0 spiro atoms. The van der Waals surface area contributed by atoms with Crippen LogP contribution >= 0.6 is 7.52 Å². The highest BCUT2D eigenvalue weighted by molar-refractivity contribution is 7.57. The van der Waals surface area contributed by atoms with Crippen LogP contribution in [0.2, 0.25) is 0 Å². The van der Waals surface area contributed by atoms with Crippen LogP contribution in [0, 0.1) is 0 Å². The largest absolute Gasteiger partial charge is 0.464 e. The fourth-order valence-electron chi connectivity index (χ4n) is 1.68. The summed E-state index contributed by atoms with van der Waals surface area (Å²) in [5.41, 5.74) is 0. The van der Waals surface area contributed by atoms with Crippen LogP contribution in [-0.4, -0.2) is 38.2 Å². The zero-order chi connectivity index (χ0) is 17.3. The number of benzene rings is 1. The Morgan fingerprint density at radius 1 is 1.35 bits per heavy atom. The number of carbonyl (C=O) groups is 1. The first-order valence-corrected chi connectivity index (χ1v) is 9.04. The molecule has 8 heteroatoms. The van der Waals surface area contributed by atoms with Gasteiger partial charge in [0.25, 0.3) is 0 Å². The summed E-state index contributed by atoms with van der Waals surface area (Å²) in [6.07, 6.45) is 0.642. The molecule has 1 rings (SSSR count). The molecule has 23 heavy (non-hydrogen) atoms. The maximum Gasteiger partial charge on any atom is 0.350 e. The van der Waals surface area contributed by atoms with Crippen molar-refractivity contribution in [2.75, 3.05) is 20.3 Å². The van der Waals surface area contributed by atoms with Crippen LogP contribution in [0.1, 0.15) is 20.3 Å². The summed E-state index contributed by atoms with van der Waals surface area (Å²) in [7, 11) is -2.60. The van der Waals surface area contributed by atoms with Crippen molar-refractivity contribution < 1.29 is 27.7 Å². The van der Waals surface area contributed by atoms with Crippen molar-refractivity contribution in [3.63, 3.8) is 0 Å². The molecule has 0 aromatic heterocycles. The van der Waals surface area contributed by atoms with Crippen molar-refractivity contribution in [2.45, 2.75) is 32.2 Å². The van der Waals surface area contributed by atoms with Crippen molar-refractivity contribution in [2.24, 2.45) is 0 Å². The van der Waals surface area contributed by atoms with Crippen molar-refractivity contribution >= 4 is 13.5 Å². The maximum absolute atomic E-state index is 13.9. The number of methoxy groups -OCH3 is 1. The Kier molecular flexibility index (Phi) is 8.23. The van der Waals surface area contributed by atoms with Gasteiger partial charge in [0.1, 0.15) is 11.8 Å². The third kappa shape index (κ3) is 6.29. The van der Waals surface area contributed by atoms with Crippen LogP contribution in [0.5, 0.6) is 5.75 Å². The number of esters is 1. The van der Waals surface area contributed by atoms with Gasteiger partial charge in [-0.2, -0.15) is 0 Å². The Morgan fingerprint density at radius 3 is 2.52 bits per heavy atom. The van der Waals surface area contributed by atoms with Crippen molar-refractivity contribution in [3.8, 4) is 5.75 Å². The minimum absolute atomic E-state index is 0.114. The highest BCUT2D eigenvalue weighted by Crippen LogP contribution is 2.49. The summed E-state index contributed by atoms with van der Waals surface area (Å²) in [6, 6.07) is 7.11. The van der Waals surface area contributed by atoms with E-state index in [-0.39, 0.29) is 19.0 Å². The molecule has 0 fully saturated rings. The van der Waals surface area contributed by atoms with Crippen LogP contribution in [0.15, 0.2) is 30.3 Å². The highest BCUT2D eigenvalue weighted by Gasteiger charge is 2.38. The van der Waals surface area contributed by atoms with Crippen LogP contribution in [0.25, 0.3) is 0 Å². The predicted molar refractivity (Wildman–Crippen MR) is 85.3 cm³/mol. The Morgan fingerprint density at radius 2 is 2.00 bits per heavy atom. The summed E-state index contributed by atoms with van der Waals surface area (Å²) in [5.74, 6) is -2.24. The zero-order valence-corrected chi connectivity index (χ0v) is 14.4. The molecule has 6 nitrogen and oxygen atoms in total. The van der Waals surface area contributed by atoms with E-state index < -0.39 is 25.4 Å². The lowest BCUT2D eigenvalue weighted by molar-refractivity contribution is -0.147. The number of alkyl halides is 1. The van der Waals surface area contributed by atoms with Gasteiger partial charge in [0.05, 0.1) is 13.2 Å². The standard InChI is InChI=1S/C15H23FNO5P/c1-4-10-21-15(18)14(11-20-3)17-23(19,12(2)16)22-13-8-6-5-7-9-13/h5-9,12,14H,4,10-11H2,1-3H3,(H,17,19)/t12?,14-,23?/m0/s1. The molecule has 2 unspecified atom stereocenters. The first kappa shape index (κ1) is 19.6. The van der Waals surface area contributed by atoms with Gasteiger partial charge in [-0.15, -0.1) is 0 Å². The molecular weight excluding hydrogens is 324 g/mol. The molecule has 3 atom stereocenters. The molecule has 130 valence electrons. The van der Waals surface area contributed by atoms with Gasteiger partial charge in [0.2, 0.25) is 0 Å².